The van der Waals surface area contributed by atoms with E-state index in [1.807, 2.05) is 12.3 Å². The van der Waals surface area contributed by atoms with E-state index in [1.54, 1.807) is 11.3 Å². The van der Waals surface area contributed by atoms with E-state index in [2.05, 4.69) is 21.3 Å². The van der Waals surface area contributed by atoms with E-state index in [4.69, 9.17) is 5.73 Å². The number of aromatic nitrogens is 1. The molecule has 0 radical (unpaired) electrons. The zero-order valence-electron chi connectivity index (χ0n) is 10.2. The van der Waals surface area contributed by atoms with Crippen LogP contribution in [0.3, 0.4) is 0 Å². The van der Waals surface area contributed by atoms with Crippen LogP contribution in [0.1, 0.15) is 12.8 Å². The number of thiophene rings is 1. The minimum Gasteiger partial charge on any atom is -0.388 e. The fourth-order valence-corrected chi connectivity index (χ4v) is 3.37. The van der Waals surface area contributed by atoms with Gasteiger partial charge in [-0.25, -0.2) is 0 Å². The Hall–Kier alpha value is -1.17. The number of fused-ring (bicyclic) bond motifs is 1. The van der Waals surface area contributed by atoms with Gasteiger partial charge >= 0.3 is 0 Å². The molecule has 96 valence electrons. The van der Waals surface area contributed by atoms with Gasteiger partial charge in [-0.15, -0.1) is 11.3 Å². The molecule has 0 atom stereocenters. The van der Waals surface area contributed by atoms with E-state index in [-0.39, 0.29) is 0 Å². The van der Waals surface area contributed by atoms with Crippen LogP contribution in [0.5, 0.6) is 0 Å². The lowest BCUT2D eigenvalue weighted by atomic mass is 9.91. The van der Waals surface area contributed by atoms with Gasteiger partial charge in [0.2, 0.25) is 0 Å². The molecule has 0 bridgehead atoms. The first-order valence-electron chi connectivity index (χ1n) is 6.21. The summed E-state index contributed by atoms with van der Waals surface area (Å²) < 4.78 is 1.23. The maximum absolute atomic E-state index is 10.2. The molecule has 1 saturated heterocycles. The third kappa shape index (κ3) is 1.98. The number of anilines is 1. The highest BCUT2D eigenvalue weighted by Crippen LogP contribution is 2.33. The van der Waals surface area contributed by atoms with E-state index in [0.717, 1.165) is 31.4 Å². The molecular weight excluding hydrogens is 246 g/mol. The summed E-state index contributed by atoms with van der Waals surface area (Å²) in [5.74, 6) is 0. The van der Waals surface area contributed by atoms with Crippen LogP contribution in [0, 0.1) is 0 Å². The van der Waals surface area contributed by atoms with Crippen LogP contribution in [0.4, 0.5) is 5.69 Å². The highest BCUT2D eigenvalue weighted by atomic mass is 32.1. The van der Waals surface area contributed by atoms with Gasteiger partial charge in [0, 0.05) is 25.8 Å². The Kier molecular flexibility index (Phi) is 2.97. The van der Waals surface area contributed by atoms with E-state index < -0.39 is 5.60 Å². The summed E-state index contributed by atoms with van der Waals surface area (Å²) in [5, 5.41) is 12.2. The lowest BCUT2D eigenvalue weighted by Crippen LogP contribution is -2.48. The second-order valence-electron chi connectivity index (χ2n) is 4.88. The van der Waals surface area contributed by atoms with Crippen molar-refractivity contribution >= 4 is 27.2 Å². The summed E-state index contributed by atoms with van der Waals surface area (Å²) in [5.41, 5.74) is 7.23. The van der Waals surface area contributed by atoms with Crippen molar-refractivity contribution in [3.8, 4) is 0 Å². The van der Waals surface area contributed by atoms with E-state index in [1.165, 1.54) is 10.4 Å². The van der Waals surface area contributed by atoms with Crippen LogP contribution in [-0.4, -0.2) is 35.3 Å². The molecule has 4 nitrogen and oxygen atoms in total. The summed E-state index contributed by atoms with van der Waals surface area (Å²) in [7, 11) is 0. The van der Waals surface area contributed by atoms with Crippen LogP contribution in [0.25, 0.3) is 10.2 Å². The van der Waals surface area contributed by atoms with Crippen LogP contribution in [0.15, 0.2) is 23.7 Å². The topological polar surface area (TPSA) is 62.4 Å². The Labute approximate surface area is 110 Å². The molecule has 5 heteroatoms. The maximum Gasteiger partial charge on any atom is 0.0830 e. The molecule has 1 aliphatic heterocycles. The molecule has 3 rings (SSSR count). The van der Waals surface area contributed by atoms with Crippen LogP contribution >= 0.6 is 11.3 Å². The minimum absolute atomic E-state index is 0.353. The smallest absolute Gasteiger partial charge is 0.0830 e. The molecule has 1 aliphatic rings. The molecule has 0 spiro atoms. The second kappa shape index (κ2) is 4.50. The lowest BCUT2D eigenvalue weighted by Gasteiger charge is -2.38. The first-order chi connectivity index (χ1) is 8.72. The molecule has 0 amide bonds. The lowest BCUT2D eigenvalue weighted by molar-refractivity contribution is 0.0250. The standard InChI is InChI=1S/C13H17N3OS/c14-9-13(17)3-6-16(7-4-13)11-1-5-15-10-2-8-18-12(10)11/h1-2,5,8,17H,3-4,6-7,9,14H2. The second-order valence-corrected chi connectivity index (χ2v) is 5.80. The fourth-order valence-electron chi connectivity index (χ4n) is 2.48. The van der Waals surface area contributed by atoms with Crippen molar-refractivity contribution in [1.29, 1.82) is 0 Å². The predicted molar refractivity (Wildman–Crippen MR) is 75.1 cm³/mol. The van der Waals surface area contributed by atoms with Gasteiger partial charge in [-0.2, -0.15) is 0 Å². The largest absolute Gasteiger partial charge is 0.388 e. The maximum atomic E-state index is 10.2. The highest BCUT2D eigenvalue weighted by molar-refractivity contribution is 7.17. The van der Waals surface area contributed by atoms with E-state index in [0.29, 0.717) is 6.54 Å². The van der Waals surface area contributed by atoms with Crippen LogP contribution < -0.4 is 10.6 Å². The molecule has 18 heavy (non-hydrogen) atoms. The molecule has 2 aromatic rings. The quantitative estimate of drug-likeness (QED) is 0.863. The minimum atomic E-state index is -0.669. The molecule has 2 aromatic heterocycles. The van der Waals surface area contributed by atoms with Gasteiger partial charge in [0.1, 0.15) is 0 Å². The number of nitrogens with zero attached hydrogens (tertiary/aromatic N) is 2. The number of pyridine rings is 1. The van der Waals surface area contributed by atoms with Crippen molar-refractivity contribution in [3.05, 3.63) is 23.7 Å². The fraction of sp³-hybridized carbons (Fsp3) is 0.462. The Bertz CT molecular complexity index is 546. The Morgan fingerprint density at radius 1 is 1.39 bits per heavy atom. The Balaban J connectivity index is 1.86. The number of rotatable bonds is 2. The number of hydrogen-bond donors (Lipinski definition) is 2. The summed E-state index contributed by atoms with van der Waals surface area (Å²) >= 11 is 1.72. The monoisotopic (exact) mass is 263 g/mol. The molecule has 0 aliphatic carbocycles. The molecule has 3 heterocycles. The predicted octanol–water partition coefficient (Wildman–Crippen LogP) is 1.59. The number of nitrogens with two attached hydrogens (primary N) is 1. The highest BCUT2D eigenvalue weighted by Gasteiger charge is 2.31. The molecular formula is C13H17N3OS. The summed E-state index contributed by atoms with van der Waals surface area (Å²) in [6.07, 6.45) is 3.32. The third-order valence-corrected chi connectivity index (χ3v) is 4.66. The summed E-state index contributed by atoms with van der Waals surface area (Å²) in [6.45, 7) is 2.06. The van der Waals surface area contributed by atoms with Gasteiger partial charge in [-0.05, 0) is 30.4 Å². The van der Waals surface area contributed by atoms with E-state index in [9.17, 15) is 5.11 Å². The van der Waals surface area contributed by atoms with Gasteiger partial charge in [0.25, 0.3) is 0 Å². The van der Waals surface area contributed by atoms with E-state index >= 15 is 0 Å². The number of hydrogen-bond acceptors (Lipinski definition) is 5. The number of aliphatic hydroxyl groups is 1. The van der Waals surface area contributed by atoms with Gasteiger partial charge in [-0.1, -0.05) is 0 Å². The van der Waals surface area contributed by atoms with Gasteiger partial charge in [0.05, 0.1) is 21.5 Å². The molecule has 3 N–H and O–H groups in total. The molecule has 0 aromatic carbocycles. The van der Waals surface area contributed by atoms with Crippen molar-refractivity contribution in [2.75, 3.05) is 24.5 Å². The Morgan fingerprint density at radius 2 is 2.17 bits per heavy atom. The average molecular weight is 263 g/mol. The van der Waals surface area contributed by atoms with Gasteiger partial charge in [-0.3, -0.25) is 4.98 Å². The van der Waals surface area contributed by atoms with Gasteiger partial charge < -0.3 is 15.7 Å². The van der Waals surface area contributed by atoms with Crippen molar-refractivity contribution in [2.45, 2.75) is 18.4 Å². The molecule has 0 saturated carbocycles. The Morgan fingerprint density at radius 3 is 2.89 bits per heavy atom. The third-order valence-electron chi connectivity index (χ3n) is 3.74. The van der Waals surface area contributed by atoms with Crippen LogP contribution in [0.2, 0.25) is 0 Å². The van der Waals surface area contributed by atoms with Crippen molar-refractivity contribution in [2.24, 2.45) is 5.73 Å². The van der Waals surface area contributed by atoms with Crippen LogP contribution in [-0.2, 0) is 0 Å². The number of piperidine rings is 1. The van der Waals surface area contributed by atoms with Crippen molar-refractivity contribution in [3.63, 3.8) is 0 Å². The first kappa shape index (κ1) is 11.9. The molecule has 0 unspecified atom stereocenters. The zero-order chi connectivity index (χ0) is 12.6. The average Bonchev–Trinajstić information content (AvgIpc) is 2.88. The molecule has 1 fully saturated rings. The summed E-state index contributed by atoms with van der Waals surface area (Å²) in [6, 6.07) is 4.11. The van der Waals surface area contributed by atoms with Gasteiger partial charge in [0.15, 0.2) is 0 Å². The first-order valence-corrected chi connectivity index (χ1v) is 7.09. The SMILES string of the molecule is NCC1(O)CCN(c2ccnc3ccsc23)CC1. The summed E-state index contributed by atoms with van der Waals surface area (Å²) in [4.78, 5) is 6.68. The van der Waals surface area contributed by atoms with Crippen molar-refractivity contribution < 1.29 is 5.11 Å². The normalized spacial score (nSPS) is 19.3. The van der Waals surface area contributed by atoms with Crippen molar-refractivity contribution in [1.82, 2.24) is 4.98 Å². The zero-order valence-corrected chi connectivity index (χ0v) is 11.0.